The van der Waals surface area contributed by atoms with E-state index in [-0.39, 0.29) is 17.9 Å². The zero-order valence-electron chi connectivity index (χ0n) is 10.7. The first-order valence-electron chi connectivity index (χ1n) is 6.76. The number of piperidine rings is 1. The molecule has 2 heterocycles. The largest absolute Gasteiger partial charge is 0.354 e. The van der Waals surface area contributed by atoms with Gasteiger partial charge in [-0.3, -0.25) is 14.6 Å². The predicted octanol–water partition coefficient (Wildman–Crippen LogP) is 0.967. The molecule has 2 N–H and O–H groups in total. The zero-order chi connectivity index (χ0) is 13.2. The molecule has 1 saturated carbocycles. The minimum absolute atomic E-state index is 0.0107. The Kier molecular flexibility index (Phi) is 3.19. The van der Waals surface area contributed by atoms with Crippen molar-refractivity contribution >= 4 is 11.8 Å². The van der Waals surface area contributed by atoms with Crippen LogP contribution in [0.3, 0.4) is 0 Å². The number of aromatic nitrogens is 1. The lowest BCUT2D eigenvalue weighted by atomic mass is 10.1. The molecule has 2 fully saturated rings. The van der Waals surface area contributed by atoms with Gasteiger partial charge in [0.15, 0.2) is 0 Å². The molecule has 100 valence electrons. The Bertz CT molecular complexity index is 501. The summed E-state index contributed by atoms with van der Waals surface area (Å²) in [6.07, 6.45) is 5.28. The lowest BCUT2D eigenvalue weighted by Crippen LogP contribution is -2.47. The van der Waals surface area contributed by atoms with E-state index in [0.29, 0.717) is 31.0 Å². The van der Waals surface area contributed by atoms with Crippen LogP contribution in [0.1, 0.15) is 47.7 Å². The number of carbonyl (C=O) groups is 2. The van der Waals surface area contributed by atoms with Crippen molar-refractivity contribution in [3.63, 3.8) is 0 Å². The van der Waals surface area contributed by atoms with E-state index in [9.17, 15) is 9.59 Å². The smallest absolute Gasteiger partial charge is 0.270 e. The molecule has 0 spiro atoms. The van der Waals surface area contributed by atoms with Crippen LogP contribution < -0.4 is 10.6 Å². The number of nitrogens with one attached hydrogen (secondary N) is 2. The number of rotatable bonds is 3. The highest BCUT2D eigenvalue weighted by atomic mass is 16.2. The van der Waals surface area contributed by atoms with Gasteiger partial charge in [0.05, 0.1) is 0 Å². The molecular weight excluding hydrogens is 242 g/mol. The Morgan fingerprint density at radius 2 is 2.21 bits per heavy atom. The summed E-state index contributed by atoms with van der Waals surface area (Å²) in [6.45, 7) is 0.507. The first kappa shape index (κ1) is 12.1. The van der Waals surface area contributed by atoms with Crippen LogP contribution in [-0.4, -0.2) is 29.4 Å². The fourth-order valence-corrected chi connectivity index (χ4v) is 2.36. The minimum Gasteiger partial charge on any atom is -0.354 e. The lowest BCUT2D eigenvalue weighted by Gasteiger charge is -2.23. The summed E-state index contributed by atoms with van der Waals surface area (Å²) in [5, 5.41) is 5.68. The number of hydrogen-bond donors (Lipinski definition) is 2. The van der Waals surface area contributed by atoms with E-state index in [4.69, 9.17) is 0 Å². The fourth-order valence-electron chi connectivity index (χ4n) is 2.36. The quantitative estimate of drug-likeness (QED) is 0.849. The third-order valence-electron chi connectivity index (χ3n) is 3.67. The zero-order valence-corrected chi connectivity index (χ0v) is 10.7. The van der Waals surface area contributed by atoms with Gasteiger partial charge in [0, 0.05) is 25.2 Å². The van der Waals surface area contributed by atoms with Gasteiger partial charge in [-0.25, -0.2) is 0 Å². The topological polar surface area (TPSA) is 71.1 Å². The van der Waals surface area contributed by atoms with Gasteiger partial charge >= 0.3 is 0 Å². The van der Waals surface area contributed by atoms with E-state index in [1.54, 1.807) is 6.20 Å². The summed E-state index contributed by atoms with van der Waals surface area (Å²) in [5.74, 6) is 0.520. The van der Waals surface area contributed by atoms with Crippen molar-refractivity contribution in [1.29, 1.82) is 0 Å². The molecule has 1 aliphatic heterocycles. The molecule has 5 heteroatoms. The number of hydrogen-bond acceptors (Lipinski definition) is 3. The Morgan fingerprint density at radius 3 is 2.89 bits per heavy atom. The maximum atomic E-state index is 12.1. The second-order valence-corrected chi connectivity index (χ2v) is 5.26. The van der Waals surface area contributed by atoms with Crippen LogP contribution in [0.25, 0.3) is 0 Å². The predicted molar refractivity (Wildman–Crippen MR) is 69.7 cm³/mol. The highest BCUT2D eigenvalue weighted by Gasteiger charge is 2.25. The summed E-state index contributed by atoms with van der Waals surface area (Å²) >= 11 is 0. The lowest BCUT2D eigenvalue weighted by molar-refractivity contribution is -0.122. The van der Waals surface area contributed by atoms with Crippen molar-refractivity contribution in [3.05, 3.63) is 29.6 Å². The normalized spacial score (nSPS) is 22.7. The molecule has 2 amide bonds. The SMILES string of the molecule is O=C1CCC(NC(=O)c2cc(C3CC3)ccn2)CN1. The van der Waals surface area contributed by atoms with Gasteiger partial charge in [-0.05, 0) is 42.9 Å². The van der Waals surface area contributed by atoms with Gasteiger partial charge in [-0.1, -0.05) is 0 Å². The van der Waals surface area contributed by atoms with Crippen LogP contribution in [0.2, 0.25) is 0 Å². The van der Waals surface area contributed by atoms with E-state index >= 15 is 0 Å². The number of carbonyl (C=O) groups excluding carboxylic acids is 2. The number of pyridine rings is 1. The fraction of sp³-hybridized carbons (Fsp3) is 0.500. The molecule has 1 atom stereocenters. The first-order chi connectivity index (χ1) is 9.22. The Morgan fingerprint density at radius 1 is 1.37 bits per heavy atom. The van der Waals surface area contributed by atoms with Gasteiger partial charge in [0.2, 0.25) is 5.91 Å². The van der Waals surface area contributed by atoms with Crippen molar-refractivity contribution in [3.8, 4) is 0 Å². The Labute approximate surface area is 111 Å². The van der Waals surface area contributed by atoms with Crippen molar-refractivity contribution in [1.82, 2.24) is 15.6 Å². The van der Waals surface area contributed by atoms with Crippen LogP contribution in [0, 0.1) is 0 Å². The van der Waals surface area contributed by atoms with Gasteiger partial charge in [-0.15, -0.1) is 0 Å². The highest BCUT2D eigenvalue weighted by molar-refractivity contribution is 5.92. The Hall–Kier alpha value is -1.91. The molecule has 1 saturated heterocycles. The molecule has 0 bridgehead atoms. The van der Waals surface area contributed by atoms with Gasteiger partial charge in [-0.2, -0.15) is 0 Å². The van der Waals surface area contributed by atoms with E-state index in [1.165, 1.54) is 18.4 Å². The molecule has 0 aromatic carbocycles. The molecular formula is C14H17N3O2. The average Bonchev–Trinajstić information content (AvgIpc) is 3.26. The van der Waals surface area contributed by atoms with Crippen molar-refractivity contribution in [2.75, 3.05) is 6.54 Å². The summed E-state index contributed by atoms with van der Waals surface area (Å²) in [6, 6.07) is 3.88. The molecule has 1 aromatic heterocycles. The summed E-state index contributed by atoms with van der Waals surface area (Å²) < 4.78 is 0. The molecule has 0 radical (unpaired) electrons. The second kappa shape index (κ2) is 4.99. The summed E-state index contributed by atoms with van der Waals surface area (Å²) in [4.78, 5) is 27.3. The number of nitrogens with zero attached hydrogens (tertiary/aromatic N) is 1. The van der Waals surface area contributed by atoms with Crippen molar-refractivity contribution in [2.45, 2.75) is 37.6 Å². The molecule has 1 aromatic rings. The standard InChI is InChI=1S/C14H17N3O2/c18-13-4-3-11(8-16-13)17-14(19)12-7-10(5-6-15-12)9-1-2-9/h5-7,9,11H,1-4,8H2,(H,16,18)(H,17,19). The third-order valence-corrected chi connectivity index (χ3v) is 3.67. The molecule has 5 nitrogen and oxygen atoms in total. The average molecular weight is 259 g/mol. The first-order valence-corrected chi connectivity index (χ1v) is 6.76. The van der Waals surface area contributed by atoms with E-state index in [1.807, 2.05) is 12.1 Å². The van der Waals surface area contributed by atoms with Crippen molar-refractivity contribution < 1.29 is 9.59 Å². The molecule has 3 rings (SSSR count). The van der Waals surface area contributed by atoms with Gasteiger partial charge in [0.25, 0.3) is 5.91 Å². The molecule has 2 aliphatic rings. The van der Waals surface area contributed by atoms with Gasteiger partial charge < -0.3 is 10.6 Å². The monoisotopic (exact) mass is 259 g/mol. The minimum atomic E-state index is -0.149. The molecule has 1 unspecified atom stereocenters. The van der Waals surface area contributed by atoms with E-state index in [0.717, 1.165) is 0 Å². The van der Waals surface area contributed by atoms with Gasteiger partial charge in [0.1, 0.15) is 5.69 Å². The summed E-state index contributed by atoms with van der Waals surface area (Å²) in [7, 11) is 0. The van der Waals surface area contributed by atoms with E-state index in [2.05, 4.69) is 15.6 Å². The van der Waals surface area contributed by atoms with Crippen LogP contribution in [0.5, 0.6) is 0 Å². The van der Waals surface area contributed by atoms with E-state index < -0.39 is 0 Å². The van der Waals surface area contributed by atoms with Crippen LogP contribution in [0.15, 0.2) is 18.3 Å². The van der Waals surface area contributed by atoms with Crippen LogP contribution >= 0.6 is 0 Å². The maximum Gasteiger partial charge on any atom is 0.270 e. The molecule has 1 aliphatic carbocycles. The molecule has 19 heavy (non-hydrogen) atoms. The highest BCUT2D eigenvalue weighted by Crippen LogP contribution is 2.39. The van der Waals surface area contributed by atoms with Crippen LogP contribution in [0.4, 0.5) is 0 Å². The maximum absolute atomic E-state index is 12.1. The summed E-state index contributed by atoms with van der Waals surface area (Å²) in [5.41, 5.74) is 1.68. The second-order valence-electron chi connectivity index (χ2n) is 5.26. The Balaban J connectivity index is 1.63. The number of amides is 2. The third kappa shape index (κ3) is 2.92. The van der Waals surface area contributed by atoms with Crippen molar-refractivity contribution in [2.24, 2.45) is 0 Å². The van der Waals surface area contributed by atoms with Crippen LogP contribution in [-0.2, 0) is 4.79 Å².